The topological polar surface area (TPSA) is 650 Å². The number of H-pyrrole nitrogens is 4. The Balaban J connectivity index is 0.000000261. The number of anilines is 4. The van der Waals surface area contributed by atoms with Crippen LogP contribution in [-0.2, 0) is 78.6 Å². The second-order valence-corrected chi connectivity index (χ2v) is 44.2. The molecule has 0 bridgehead atoms. The van der Waals surface area contributed by atoms with Gasteiger partial charge in [-0.15, -0.1) is 11.6 Å². The van der Waals surface area contributed by atoms with Gasteiger partial charge in [0, 0.05) is 137 Å². The van der Waals surface area contributed by atoms with Crippen molar-refractivity contribution in [2.45, 2.75) is 294 Å². The first-order valence-electron chi connectivity index (χ1n) is 47.4. The van der Waals surface area contributed by atoms with E-state index in [1.807, 2.05) is 9.13 Å². The minimum atomic E-state index is -4.71. The third kappa shape index (κ3) is 34.8. The van der Waals surface area contributed by atoms with Gasteiger partial charge in [0.25, 0.3) is 38.9 Å². The number of carbonyl (C=O) groups is 2. The molecule has 0 spiro atoms. The van der Waals surface area contributed by atoms with Crippen LogP contribution in [0.25, 0.3) is 44.7 Å². The van der Waals surface area contributed by atoms with Gasteiger partial charge in [0.05, 0.1) is 31.4 Å². The molecule has 0 aromatic carbocycles. The van der Waals surface area contributed by atoms with Gasteiger partial charge in [0.2, 0.25) is 0 Å². The van der Waals surface area contributed by atoms with Gasteiger partial charge in [-0.25, -0.2) is 53.5 Å². The molecule has 6 saturated carbocycles. The summed E-state index contributed by atoms with van der Waals surface area (Å²) in [7, 11) is 12.2. The van der Waals surface area contributed by atoms with E-state index in [0.717, 1.165) is 115 Å². The number of thiol groups is 1. The molecule has 17 rings (SSSR count). The predicted octanol–water partition coefficient (Wildman–Crippen LogP) is 6.71. The van der Waals surface area contributed by atoms with E-state index >= 15 is 0 Å². The zero-order chi connectivity index (χ0) is 113. The Labute approximate surface area is 868 Å². The first-order valence-corrected chi connectivity index (χ1v) is 52.6. The van der Waals surface area contributed by atoms with Crippen LogP contribution in [0.1, 0.15) is 213 Å². The normalized spacial score (nSPS) is 14.8. The molecule has 11 heterocycles. The van der Waals surface area contributed by atoms with E-state index in [4.69, 9.17) is 39.8 Å². The SMILES string of the molecule is CC#N.CC(=O)CCCCCl.CC(=O)CCCCn1c(=O)c2c(ncn2C2CC2)n(C)c1=O.C[Si](C)(C)C(F)(F)F.Cn1c(=O)[nH]c(=O)c2c1ncn2C1CC1.Cn1c(=O)n(CCCCC(C)(O)C(F)(F)F)c(=O)c2c1ncn2C1CC1.Cn1c(=O)n(CCCCC(C)(O)C(F)(F)F)c(=O)c2c1ncn2C1CC1.Cn1c(N)c(Br)c(=O)[nH]c1=O.Cn1c(N)c(NC2CC2)c(=O)[nH]c1=O.Cn1c(N)cc(=O)[nH]c1=O.NC1CC1.[B]=NS. The van der Waals surface area contributed by atoms with Crippen LogP contribution >= 0.6 is 40.3 Å². The number of nitrogens with zero attached hydrogens (tertiary/aromatic N) is 20. The van der Waals surface area contributed by atoms with Crippen LogP contribution in [0.4, 0.5) is 62.7 Å². The van der Waals surface area contributed by atoms with Gasteiger partial charge in [-0.2, -0.15) is 44.8 Å². The number of aromatic nitrogens is 22. The van der Waals surface area contributed by atoms with Gasteiger partial charge < -0.3 is 66.3 Å². The molecule has 11 aromatic heterocycles. The zero-order valence-corrected chi connectivity index (χ0v) is 89.7. The van der Waals surface area contributed by atoms with Crippen LogP contribution in [0.2, 0.25) is 19.6 Å². The predicted molar refractivity (Wildman–Crippen MR) is 557 cm³/mol. The number of imidazole rings is 4. The number of aromatic amines is 4. The van der Waals surface area contributed by atoms with E-state index in [9.17, 15) is 126 Å². The number of carbonyl (C=O) groups excluding carboxylic acids is 2. The van der Waals surface area contributed by atoms with Crippen molar-refractivity contribution in [3.63, 3.8) is 0 Å². The Morgan fingerprint density at radius 3 is 1.09 bits per heavy atom. The molecule has 6 aliphatic carbocycles. The monoisotopic (exact) mass is 2250 g/mol. The quantitative estimate of drug-likeness (QED) is 0.00929. The van der Waals surface area contributed by atoms with Crippen LogP contribution in [0.15, 0.2) is 107 Å². The van der Waals surface area contributed by atoms with Crippen molar-refractivity contribution in [1.29, 1.82) is 5.26 Å². The third-order valence-corrected chi connectivity index (χ3v) is 26.7. The van der Waals surface area contributed by atoms with Crippen LogP contribution in [0.5, 0.6) is 0 Å². The number of unbranched alkanes of at least 4 members (excludes halogenated alkanes) is 4. The second kappa shape index (κ2) is 54.2. The maximum absolute atomic E-state index is 12.7. The number of hydrogen-bond acceptors (Lipinski definition) is 30. The van der Waals surface area contributed by atoms with Crippen LogP contribution in [-0.4, -0.2) is 189 Å². The van der Waals surface area contributed by atoms with Crippen molar-refractivity contribution in [3.05, 3.63) is 182 Å². The van der Waals surface area contributed by atoms with Gasteiger partial charge in [0.1, 0.15) is 39.2 Å². The van der Waals surface area contributed by atoms with E-state index in [0.29, 0.717) is 113 Å². The number of aryl methyl sites for hydroxylation is 4. The van der Waals surface area contributed by atoms with Gasteiger partial charge in [0.15, 0.2) is 63.9 Å². The van der Waals surface area contributed by atoms with E-state index < -0.39 is 112 Å². The number of Topliss-reactive ketones (excluding diaryl/α,β-unsaturated/α-hetero) is 2. The minimum absolute atomic E-state index is 0.00870. The van der Waals surface area contributed by atoms with Gasteiger partial charge in [-0.1, -0.05) is 19.6 Å². The number of nitriles is 1. The fourth-order valence-corrected chi connectivity index (χ4v) is 14.0. The average molecular weight is 2250 g/mol. The molecule has 61 heteroatoms. The molecule has 827 valence electrons. The first kappa shape index (κ1) is 126. The molecule has 0 aliphatic heterocycles. The first-order chi connectivity index (χ1) is 69.8. The Hall–Kier alpha value is -12.9. The fourth-order valence-electron chi connectivity index (χ4n) is 13.5. The van der Waals surface area contributed by atoms with Crippen molar-refractivity contribution >= 4 is 135 Å². The average Bonchev–Trinajstić information content (AvgIpc) is 1.59. The van der Waals surface area contributed by atoms with Crippen molar-refractivity contribution in [2.24, 2.45) is 59.4 Å². The van der Waals surface area contributed by atoms with Crippen molar-refractivity contribution in [2.75, 3.05) is 28.4 Å². The Morgan fingerprint density at radius 1 is 0.500 bits per heavy atom. The summed E-state index contributed by atoms with van der Waals surface area (Å²) < 4.78 is 133. The summed E-state index contributed by atoms with van der Waals surface area (Å²) in [5.74, 6) is -2.39. The molecular formula is C89H128BBrClF9N29O18SSi. The Bertz CT molecular complexity index is 7350. The molecule has 6 fully saturated rings. The molecule has 2 atom stereocenters. The molecule has 0 amide bonds. The number of hydrogen-bond donors (Lipinski definition) is 12. The summed E-state index contributed by atoms with van der Waals surface area (Å²) in [4.78, 5) is 210. The van der Waals surface area contributed by atoms with E-state index in [2.05, 4.69) is 85.9 Å². The van der Waals surface area contributed by atoms with Crippen LogP contribution in [0, 0.1) is 11.3 Å². The zero-order valence-electron chi connectivity index (χ0n) is 85.5. The second-order valence-electron chi connectivity index (χ2n) is 37.8. The molecule has 0 saturated heterocycles. The standard InChI is InChI=1S/2C16H21F3N4O3.C15H20N4O3.C9H10N4O2.C8H12N4O2.C6H11ClO.C5H6BrN3O2.C5H7N3O2.C4H9F3Si.C3H7N.C2H3N.BHNS/c2*1-15(26,16(17,18)19)7-3-4-8-22-13(24)11-12(21(2)14(22)25)20-9-23(11)10-5-6-10;1-10(20)5-3-4-8-18-14(21)12-13(17(2)15(18)22)16-9-19(12)11-6-7-11;1-12-7-6(8(14)11-9(12)15)13(4-10-7)5-2-3-5;1-12-6(9)5(10-4-2-3-4)7(13)11-8(12)14;1-6(8)4-2-3-5-7;1-9-3(7)2(6)4(10)8-5(9)11;1-8-3(6)2-4(9)7-5(8)10;1-8(2,3)4(5,6)7;4-3-1-2-3;2*1-2-3/h2*9-10,26H,3-8H2,1-2H3;9,11H,3-8H2,1-2H3;4-5H,2-3H2,1H3,(H,11,14,15);4,10H,2-3,9H2,1H3,(H,11,13,14);2-5H2,1H3;7H2,1H3,(H,8,10,11);2H,6H2,1H3,(H,7,9,10);1-3H3;3H,1-2,4H2;1H3;3H. The molecule has 1 radical (unpaired) electrons. The number of fused-ring (bicyclic) bond motifs is 4. The van der Waals surface area contributed by atoms with E-state index in [1.165, 1.54) is 102 Å². The van der Waals surface area contributed by atoms with Crippen molar-refractivity contribution in [1.82, 2.24) is 104 Å². The number of halogens is 11. The molecule has 11 aromatic rings. The molecule has 15 N–H and O–H groups in total. The number of aliphatic hydroxyl groups is 2. The molecule has 6 aliphatic rings. The number of nitrogens with one attached hydrogen (secondary N) is 5. The number of nitrogens with two attached hydrogens (primary N) is 4. The van der Waals surface area contributed by atoms with Crippen LogP contribution in [0.3, 0.4) is 0 Å². The van der Waals surface area contributed by atoms with E-state index in [1.54, 1.807) is 68.5 Å². The van der Waals surface area contributed by atoms with Gasteiger partial charge in [-0.05, 0) is 185 Å². The summed E-state index contributed by atoms with van der Waals surface area (Å²) in [6.45, 7) is 10.2. The van der Waals surface area contributed by atoms with Gasteiger partial charge in [-0.3, -0.25) is 99.2 Å². The summed E-state index contributed by atoms with van der Waals surface area (Å²) in [6.07, 6.45) is 13.4. The number of alkyl halides is 10. The van der Waals surface area contributed by atoms with Gasteiger partial charge >= 0.3 is 82.7 Å². The Morgan fingerprint density at radius 2 is 0.793 bits per heavy atom. The third-order valence-electron chi connectivity index (χ3n) is 23.9. The van der Waals surface area contributed by atoms with E-state index in [-0.39, 0.29) is 101 Å². The summed E-state index contributed by atoms with van der Waals surface area (Å²) >= 11 is 11.5. The summed E-state index contributed by atoms with van der Waals surface area (Å²) in [5.41, 5.74) is 13.1. The van der Waals surface area contributed by atoms with Crippen molar-refractivity contribution < 1.29 is 59.3 Å². The molecular weight excluding hydrogens is 2120 g/mol. The number of rotatable bonds is 25. The Kier molecular flexibility index (Phi) is 45.5. The maximum atomic E-state index is 12.7. The van der Waals surface area contributed by atoms with Crippen LogP contribution < -0.4 is 107 Å². The number of nitrogen functional groups attached to an aromatic ring is 3. The summed E-state index contributed by atoms with van der Waals surface area (Å²) in [6, 6.07) is 4.95. The molecule has 47 nitrogen and oxygen atoms in total. The fraction of sp³-hybridized carbons (Fsp3) is 0.607. The van der Waals surface area contributed by atoms with Crippen molar-refractivity contribution in [3.8, 4) is 6.07 Å². The number of ketones is 2. The summed E-state index contributed by atoms with van der Waals surface area (Å²) in [5, 5.41) is 29.2. The molecule has 150 heavy (non-hydrogen) atoms. The molecule has 2 unspecified atom stereocenters.